The van der Waals surface area contributed by atoms with Crippen LogP contribution in [0.3, 0.4) is 0 Å². The largest absolute Gasteiger partial charge is 0.385 e. The van der Waals surface area contributed by atoms with Gasteiger partial charge < -0.3 is 20.1 Å². The molecule has 2 fully saturated rings. The lowest BCUT2D eigenvalue weighted by Gasteiger charge is -2.51. The molecule has 0 unspecified atom stereocenters. The first-order valence-electron chi connectivity index (χ1n) is 14.1. The van der Waals surface area contributed by atoms with Gasteiger partial charge in [-0.05, 0) is 69.5 Å². The van der Waals surface area contributed by atoms with Crippen LogP contribution >= 0.6 is 0 Å². The van der Waals surface area contributed by atoms with E-state index >= 15 is 0 Å². The van der Waals surface area contributed by atoms with Gasteiger partial charge in [-0.25, -0.2) is 0 Å². The van der Waals surface area contributed by atoms with Crippen molar-refractivity contribution in [1.29, 1.82) is 0 Å². The fourth-order valence-corrected chi connectivity index (χ4v) is 6.72. The van der Waals surface area contributed by atoms with Crippen molar-refractivity contribution >= 4 is 5.91 Å². The van der Waals surface area contributed by atoms with Crippen molar-refractivity contribution in [2.75, 3.05) is 40.4 Å². The molecule has 1 aromatic carbocycles. The van der Waals surface area contributed by atoms with Gasteiger partial charge in [-0.3, -0.25) is 4.79 Å². The van der Waals surface area contributed by atoms with Crippen molar-refractivity contribution in [1.82, 2.24) is 10.2 Å². The number of likely N-dealkylation sites (tertiary alicyclic amines) is 1. The summed E-state index contributed by atoms with van der Waals surface area (Å²) in [4.78, 5) is 15.6. The van der Waals surface area contributed by atoms with Crippen LogP contribution in [0.15, 0.2) is 30.3 Å². The number of carbonyl (C=O) groups is 1. The molecule has 1 saturated heterocycles. The van der Waals surface area contributed by atoms with Gasteiger partial charge in [0.25, 0.3) is 0 Å². The Hall–Kier alpha value is -1.43. The molecule has 1 aromatic rings. The molecule has 0 aromatic heterocycles. The highest BCUT2D eigenvalue weighted by Crippen LogP contribution is 2.49. The number of rotatable bonds is 13. The van der Waals surface area contributed by atoms with E-state index < -0.39 is 5.60 Å². The van der Waals surface area contributed by atoms with Crippen LogP contribution in [-0.4, -0.2) is 56.3 Å². The standard InChI is InChI=1S/C30H50N2O3/c1-29(30(34,18-10-11-20-35-3)27-15-8-5-9-16-27)17-12-19-32(24-29)28(33)22-26(23-31-2)21-25-13-6-4-7-14-25/h5,8-9,15-16,25-26,31,34H,4,6-7,10-14,17-24H2,1-3H3/t26-,29-,30-/m1/s1. The smallest absolute Gasteiger partial charge is 0.222 e. The summed E-state index contributed by atoms with van der Waals surface area (Å²) < 4.78 is 5.25. The Balaban J connectivity index is 1.71. The molecule has 1 aliphatic heterocycles. The number of piperidine rings is 1. The highest BCUT2D eigenvalue weighted by Gasteiger charge is 2.50. The first-order chi connectivity index (χ1) is 16.9. The third-order valence-corrected chi connectivity index (χ3v) is 8.78. The molecule has 3 rings (SSSR count). The van der Waals surface area contributed by atoms with E-state index in [4.69, 9.17) is 4.74 Å². The second kappa shape index (κ2) is 13.8. The summed E-state index contributed by atoms with van der Waals surface area (Å²) in [5.74, 6) is 1.43. The van der Waals surface area contributed by atoms with Crippen molar-refractivity contribution in [3.8, 4) is 0 Å². The second-order valence-electron chi connectivity index (χ2n) is 11.5. The Kier molecular flexibility index (Phi) is 11.1. The maximum Gasteiger partial charge on any atom is 0.222 e. The van der Waals surface area contributed by atoms with Crippen molar-refractivity contribution in [3.05, 3.63) is 35.9 Å². The van der Waals surface area contributed by atoms with Gasteiger partial charge in [-0.2, -0.15) is 0 Å². The molecule has 1 aliphatic carbocycles. The zero-order valence-corrected chi connectivity index (χ0v) is 22.6. The minimum absolute atomic E-state index is 0.266. The molecule has 2 N–H and O–H groups in total. The zero-order chi connectivity index (χ0) is 25.2. The predicted molar refractivity (Wildman–Crippen MR) is 143 cm³/mol. The quantitative estimate of drug-likeness (QED) is 0.361. The van der Waals surface area contributed by atoms with Crippen LogP contribution in [-0.2, 0) is 15.1 Å². The lowest BCUT2D eigenvalue weighted by Crippen LogP contribution is -2.55. The van der Waals surface area contributed by atoms with Crippen LogP contribution in [0.25, 0.3) is 0 Å². The Morgan fingerprint density at radius 2 is 1.94 bits per heavy atom. The zero-order valence-electron chi connectivity index (χ0n) is 22.6. The number of amides is 1. The lowest BCUT2D eigenvalue weighted by molar-refractivity contribution is -0.149. The average molecular weight is 487 g/mol. The maximum atomic E-state index is 13.6. The summed E-state index contributed by atoms with van der Waals surface area (Å²) in [6, 6.07) is 10.1. The number of unbranched alkanes of at least 4 members (excludes halogenated alkanes) is 1. The molecule has 1 saturated carbocycles. The van der Waals surface area contributed by atoms with E-state index in [1.165, 1.54) is 32.1 Å². The SMILES string of the molecule is CNC[C@@H](CC(=O)N1CCC[C@@](C)([C@@](O)(CCCCOC)c2ccccc2)C1)CC1CCCCC1. The number of nitrogens with one attached hydrogen (secondary N) is 1. The molecule has 0 spiro atoms. The Morgan fingerprint density at radius 3 is 2.63 bits per heavy atom. The summed E-state index contributed by atoms with van der Waals surface area (Å²) >= 11 is 0. The van der Waals surface area contributed by atoms with Gasteiger partial charge in [0, 0.05) is 38.6 Å². The van der Waals surface area contributed by atoms with Gasteiger partial charge in [-0.1, -0.05) is 69.4 Å². The second-order valence-corrected chi connectivity index (χ2v) is 11.5. The number of ether oxygens (including phenoxy) is 1. The molecule has 1 amide bonds. The summed E-state index contributed by atoms with van der Waals surface area (Å²) in [6.07, 6.45) is 12.9. The number of methoxy groups -OCH3 is 1. The average Bonchev–Trinajstić information content (AvgIpc) is 2.87. The van der Waals surface area contributed by atoms with E-state index in [0.29, 0.717) is 31.9 Å². The lowest BCUT2D eigenvalue weighted by atomic mass is 9.63. The van der Waals surface area contributed by atoms with Gasteiger partial charge in [0.15, 0.2) is 0 Å². The molecular formula is C30H50N2O3. The maximum absolute atomic E-state index is 13.6. The molecule has 35 heavy (non-hydrogen) atoms. The number of carbonyl (C=O) groups excluding carboxylic acids is 1. The Labute approximate surface area is 214 Å². The van der Waals surface area contributed by atoms with Gasteiger partial charge in [-0.15, -0.1) is 0 Å². The molecule has 3 atom stereocenters. The van der Waals surface area contributed by atoms with Crippen LogP contribution < -0.4 is 5.32 Å². The number of hydrogen-bond donors (Lipinski definition) is 2. The van der Waals surface area contributed by atoms with Gasteiger partial charge in [0.1, 0.15) is 0 Å². The monoisotopic (exact) mass is 486 g/mol. The van der Waals surface area contributed by atoms with Gasteiger partial charge >= 0.3 is 0 Å². The molecule has 2 aliphatic rings. The fourth-order valence-electron chi connectivity index (χ4n) is 6.72. The minimum Gasteiger partial charge on any atom is -0.385 e. The topological polar surface area (TPSA) is 61.8 Å². The number of hydrogen-bond acceptors (Lipinski definition) is 4. The highest BCUT2D eigenvalue weighted by atomic mass is 16.5. The number of aliphatic hydroxyl groups is 1. The number of benzene rings is 1. The molecular weight excluding hydrogens is 436 g/mol. The van der Waals surface area contributed by atoms with E-state index in [-0.39, 0.29) is 11.3 Å². The van der Waals surface area contributed by atoms with Crippen LogP contribution in [0.5, 0.6) is 0 Å². The van der Waals surface area contributed by atoms with Crippen LogP contribution in [0.4, 0.5) is 0 Å². The van der Waals surface area contributed by atoms with Crippen molar-refractivity contribution in [3.63, 3.8) is 0 Å². The third-order valence-electron chi connectivity index (χ3n) is 8.78. The van der Waals surface area contributed by atoms with Crippen molar-refractivity contribution in [2.24, 2.45) is 17.3 Å². The van der Waals surface area contributed by atoms with Crippen LogP contribution in [0, 0.1) is 17.3 Å². The Morgan fingerprint density at radius 1 is 1.20 bits per heavy atom. The summed E-state index contributed by atoms with van der Waals surface area (Å²) in [5, 5.41) is 15.6. The van der Waals surface area contributed by atoms with Crippen molar-refractivity contribution in [2.45, 2.75) is 89.6 Å². The first-order valence-corrected chi connectivity index (χ1v) is 14.1. The van der Waals surface area contributed by atoms with E-state index in [9.17, 15) is 9.90 Å². The van der Waals surface area contributed by atoms with E-state index in [1.807, 2.05) is 25.2 Å². The van der Waals surface area contributed by atoms with Gasteiger partial charge in [0.05, 0.1) is 5.60 Å². The van der Waals surface area contributed by atoms with Gasteiger partial charge in [0.2, 0.25) is 5.91 Å². The predicted octanol–water partition coefficient (Wildman–Crippen LogP) is 5.52. The first kappa shape index (κ1) is 28.1. The van der Waals surface area contributed by atoms with Crippen LogP contribution in [0.1, 0.15) is 89.5 Å². The molecule has 1 heterocycles. The molecule has 0 bridgehead atoms. The van der Waals surface area contributed by atoms with E-state index in [2.05, 4.69) is 29.3 Å². The normalized spacial score (nSPS) is 24.2. The number of nitrogens with zero attached hydrogens (tertiary/aromatic N) is 1. The van der Waals surface area contributed by atoms with E-state index in [1.54, 1.807) is 7.11 Å². The summed E-state index contributed by atoms with van der Waals surface area (Å²) in [5.41, 5.74) is -0.371. The Bertz CT molecular complexity index is 751. The molecule has 0 radical (unpaired) electrons. The molecule has 198 valence electrons. The minimum atomic E-state index is -0.965. The summed E-state index contributed by atoms with van der Waals surface area (Å²) in [7, 11) is 3.73. The molecule has 5 heteroatoms. The van der Waals surface area contributed by atoms with Crippen molar-refractivity contribution < 1.29 is 14.6 Å². The fraction of sp³-hybridized carbons (Fsp3) is 0.767. The third kappa shape index (κ3) is 7.53. The van der Waals surface area contributed by atoms with E-state index in [0.717, 1.165) is 56.7 Å². The molecule has 5 nitrogen and oxygen atoms in total. The highest BCUT2D eigenvalue weighted by molar-refractivity contribution is 5.76. The van der Waals surface area contributed by atoms with Crippen LogP contribution in [0.2, 0.25) is 0 Å². The summed E-state index contributed by atoms with van der Waals surface area (Å²) in [6.45, 7) is 5.24.